The summed E-state index contributed by atoms with van der Waals surface area (Å²) in [6, 6.07) is 0. The van der Waals surface area contributed by atoms with E-state index in [1.807, 2.05) is 0 Å². The Balaban J connectivity index is 0. The molecule has 0 unspecified atom stereocenters. The van der Waals surface area contributed by atoms with Crippen molar-refractivity contribution in [1.82, 2.24) is 0 Å². The third kappa shape index (κ3) is 3.17. The van der Waals surface area contributed by atoms with Gasteiger partial charge in [0, 0.05) is 0 Å². The van der Waals surface area contributed by atoms with Crippen molar-refractivity contribution in [3.05, 3.63) is 14.7 Å². The van der Waals surface area contributed by atoms with Gasteiger partial charge in [0.1, 0.15) is 0 Å². The average Bonchev–Trinajstić information content (AvgIpc) is 1.83. The van der Waals surface area contributed by atoms with Crippen molar-refractivity contribution in [1.29, 1.82) is 0 Å². The maximum absolute atomic E-state index is 10.4. The predicted molar refractivity (Wildman–Crippen MR) is 37.2 cm³/mol. The Bertz CT molecular complexity index is 259. The van der Waals surface area contributed by atoms with Crippen LogP contribution in [0.5, 0.6) is 0 Å². The molecule has 42 valence electrons. The molecule has 0 aliphatic carbocycles. The van der Waals surface area contributed by atoms with Gasteiger partial charge in [-0.3, -0.25) is 4.79 Å². The Morgan fingerprint density at radius 3 is 1.60 bits per heavy atom. The van der Waals surface area contributed by atoms with Gasteiger partial charge >= 0.3 is 103 Å². The molecule has 0 amide bonds. The Morgan fingerprint density at radius 2 is 1.50 bits per heavy atom. The normalized spacial score (nSPS) is 8.00. The van der Waals surface area contributed by atoms with Gasteiger partial charge in [-0.05, 0) is 0 Å². The van der Waals surface area contributed by atoms with Crippen molar-refractivity contribution in [2.75, 3.05) is 0 Å². The zero-order valence-electron chi connectivity index (χ0n) is 5.63. The fraction of sp³-hybridized carbons (Fsp3) is 0. The van der Waals surface area contributed by atoms with Gasteiger partial charge in [-0.25, -0.2) is 0 Å². The summed E-state index contributed by atoms with van der Waals surface area (Å²) in [5, 5.41) is 0. The van der Waals surface area contributed by atoms with Crippen molar-refractivity contribution in [2.45, 2.75) is 9.79 Å². The molecule has 0 bridgehead atoms. The molecule has 0 saturated heterocycles. The van der Waals surface area contributed by atoms with E-state index >= 15 is 0 Å². The Hall–Kier alpha value is 3.21. The maximum Gasteiger partial charge on any atom is 1.00 e. The molecule has 0 fully saturated rings. The van der Waals surface area contributed by atoms with Crippen molar-refractivity contribution < 1.29 is 103 Å². The Morgan fingerprint density at radius 1 is 1.10 bits per heavy atom. The summed E-state index contributed by atoms with van der Waals surface area (Å²) in [6.45, 7) is 0. The Kier molecular flexibility index (Phi) is 10.4. The molecule has 0 aliphatic rings. The quantitative estimate of drug-likeness (QED) is 0.255. The third-order valence-corrected chi connectivity index (χ3v) is 2.27. The van der Waals surface area contributed by atoms with Crippen molar-refractivity contribution in [3.8, 4) is 0 Å². The van der Waals surface area contributed by atoms with E-state index in [4.69, 9.17) is 0 Å². The molecule has 1 aromatic rings. The summed E-state index contributed by atoms with van der Waals surface area (Å²) >= 11 is 13.7. The summed E-state index contributed by atoms with van der Waals surface area (Å²) in [5.41, 5.74) is -0.236. The van der Waals surface area contributed by atoms with Crippen LogP contribution in [0.3, 0.4) is 0 Å². The fourth-order valence-electron chi connectivity index (χ4n) is 0.350. The first-order valence-corrected chi connectivity index (χ1v) is 3.04. The monoisotopic (exact) mass is 238 g/mol. The van der Waals surface area contributed by atoms with Gasteiger partial charge in [0.2, 0.25) is 0 Å². The minimum absolute atomic E-state index is 0. The van der Waals surface area contributed by atoms with E-state index < -0.39 is 0 Å². The molecule has 0 N–H and O–H groups in total. The van der Waals surface area contributed by atoms with Crippen LogP contribution in [-0.4, -0.2) is 0 Å². The number of rotatable bonds is 0. The molecule has 0 aromatic heterocycles. The summed E-state index contributed by atoms with van der Waals surface area (Å²) in [6.07, 6.45) is 0. The average molecular weight is 238 g/mol. The zero-order valence-corrected chi connectivity index (χ0v) is 14.3. The molecule has 0 saturated carbocycles. The molecule has 0 heterocycles. The van der Waals surface area contributed by atoms with Crippen molar-refractivity contribution >= 4 is 37.5 Å². The summed E-state index contributed by atoms with van der Waals surface area (Å²) in [7, 11) is 0. The topological polar surface area (TPSA) is 17.1 Å². The number of hydrogen-bond donors (Lipinski definition) is 0. The van der Waals surface area contributed by atoms with E-state index in [0.717, 1.165) is 0 Å². The SMILES string of the molecule is O=c1c([S-])c([S-])c1=S.[K+].[K+]. The largest absolute Gasteiger partial charge is 1.00 e. The second-order valence-electron chi connectivity index (χ2n) is 1.32. The van der Waals surface area contributed by atoms with E-state index in [-0.39, 0.29) is 118 Å². The smallest absolute Gasteiger partial charge is 0.779 e. The van der Waals surface area contributed by atoms with Gasteiger partial charge in [-0.1, -0.05) is 12.2 Å². The van der Waals surface area contributed by atoms with E-state index in [1.165, 1.54) is 0 Å². The van der Waals surface area contributed by atoms with Crippen LogP contribution < -0.4 is 108 Å². The second kappa shape index (κ2) is 6.63. The van der Waals surface area contributed by atoms with Crippen LogP contribution >= 0.6 is 12.2 Å². The van der Waals surface area contributed by atoms with Crippen LogP contribution in [0, 0.1) is 4.51 Å². The van der Waals surface area contributed by atoms with Crippen LogP contribution in [0.15, 0.2) is 14.6 Å². The van der Waals surface area contributed by atoms with Crippen LogP contribution in [-0.2, 0) is 25.3 Å². The van der Waals surface area contributed by atoms with E-state index in [0.29, 0.717) is 4.90 Å². The van der Waals surface area contributed by atoms with E-state index in [9.17, 15) is 4.79 Å². The summed E-state index contributed by atoms with van der Waals surface area (Å²) in [4.78, 5) is 11.0. The van der Waals surface area contributed by atoms with Gasteiger partial charge in [0.05, 0.1) is 4.51 Å². The molecule has 1 nitrogen and oxygen atoms in total. The fourth-order valence-corrected chi connectivity index (χ4v) is 1.07. The van der Waals surface area contributed by atoms with E-state index in [1.54, 1.807) is 0 Å². The minimum atomic E-state index is -0.236. The van der Waals surface area contributed by atoms with Gasteiger partial charge in [-0.15, -0.1) is 4.90 Å². The van der Waals surface area contributed by atoms with Gasteiger partial charge < -0.3 is 25.3 Å². The van der Waals surface area contributed by atoms with E-state index in [2.05, 4.69) is 37.5 Å². The molecule has 1 aromatic carbocycles. The molecule has 10 heavy (non-hydrogen) atoms. The molecular formula is C4K2OS3. The molecule has 1 rings (SSSR count). The van der Waals surface area contributed by atoms with Crippen molar-refractivity contribution in [2.24, 2.45) is 0 Å². The summed E-state index contributed by atoms with van der Waals surface area (Å²) < 4.78 is 0.227. The molecule has 0 radical (unpaired) electrons. The second-order valence-corrected chi connectivity index (χ2v) is 2.54. The molecule has 0 aliphatic heterocycles. The van der Waals surface area contributed by atoms with Crippen molar-refractivity contribution in [3.63, 3.8) is 0 Å². The predicted octanol–water partition coefficient (Wildman–Crippen LogP) is -5.53. The molecular weight excluding hydrogens is 238 g/mol. The molecule has 0 spiro atoms. The zero-order chi connectivity index (χ0) is 6.31. The van der Waals surface area contributed by atoms with Crippen LogP contribution in [0.1, 0.15) is 0 Å². The maximum atomic E-state index is 10.4. The first kappa shape index (κ1) is 15.7. The summed E-state index contributed by atoms with van der Waals surface area (Å²) in [5.74, 6) is 0. The minimum Gasteiger partial charge on any atom is -0.779 e. The van der Waals surface area contributed by atoms with Gasteiger partial charge in [0.15, 0.2) is 5.43 Å². The van der Waals surface area contributed by atoms with Crippen LogP contribution in [0.4, 0.5) is 0 Å². The Labute approximate surface area is 160 Å². The first-order chi connectivity index (χ1) is 3.64. The number of hydrogen-bond acceptors (Lipinski definition) is 4. The van der Waals surface area contributed by atoms with Crippen LogP contribution in [0.2, 0.25) is 0 Å². The van der Waals surface area contributed by atoms with Crippen LogP contribution in [0.25, 0.3) is 0 Å². The third-order valence-electron chi connectivity index (χ3n) is 0.825. The van der Waals surface area contributed by atoms with Gasteiger partial charge in [-0.2, -0.15) is 4.90 Å². The standard InChI is InChI=1S/C4H2OS3.2K/c5-1-2(6)4(8)3(1)7;;/h6,8H;;/q;2*+1/p-2. The molecule has 6 heteroatoms. The first-order valence-electron chi connectivity index (χ1n) is 1.82. The van der Waals surface area contributed by atoms with Gasteiger partial charge in [0.25, 0.3) is 0 Å². The molecule has 0 atom stereocenters.